The first kappa shape index (κ1) is 13.0. The first-order valence-corrected chi connectivity index (χ1v) is 7.29. The van der Waals surface area contributed by atoms with E-state index in [1.54, 1.807) is 24.3 Å². The quantitative estimate of drug-likeness (QED) is 0.780. The molecule has 3 rings (SSSR count). The Kier molecular flexibility index (Phi) is 3.62. The maximum absolute atomic E-state index is 11.9. The second-order valence-corrected chi connectivity index (χ2v) is 6.30. The van der Waals surface area contributed by atoms with E-state index in [2.05, 4.69) is 31.4 Å². The lowest BCUT2D eigenvalue weighted by Crippen LogP contribution is -2.11. The van der Waals surface area contributed by atoms with Gasteiger partial charge in [-0.05, 0) is 40.2 Å². The standard InChI is InChI=1S/C13H8BrN3O2S/c14-10-7-6-9(20-10)12-16-17-13(19-12)15-11(18)8-4-2-1-3-5-8/h1-7H,(H,15,17,18). The topological polar surface area (TPSA) is 68.0 Å². The van der Waals surface area contributed by atoms with Crippen LogP contribution in [-0.2, 0) is 0 Å². The van der Waals surface area contributed by atoms with E-state index in [1.165, 1.54) is 11.3 Å². The lowest BCUT2D eigenvalue weighted by Gasteiger charge is -1.99. The van der Waals surface area contributed by atoms with Crippen molar-refractivity contribution in [1.82, 2.24) is 10.2 Å². The molecule has 3 aromatic rings. The third-order valence-electron chi connectivity index (χ3n) is 2.47. The molecule has 20 heavy (non-hydrogen) atoms. The molecule has 0 aliphatic carbocycles. The minimum absolute atomic E-state index is 0.0818. The Balaban J connectivity index is 1.76. The third kappa shape index (κ3) is 2.78. The summed E-state index contributed by atoms with van der Waals surface area (Å²) in [7, 11) is 0. The maximum Gasteiger partial charge on any atom is 0.322 e. The van der Waals surface area contributed by atoms with Gasteiger partial charge in [0.1, 0.15) is 0 Å². The Bertz CT molecular complexity index is 739. The lowest BCUT2D eigenvalue weighted by atomic mass is 10.2. The van der Waals surface area contributed by atoms with Gasteiger partial charge < -0.3 is 4.42 Å². The van der Waals surface area contributed by atoms with Crippen molar-refractivity contribution < 1.29 is 9.21 Å². The lowest BCUT2D eigenvalue weighted by molar-refractivity contribution is 0.102. The van der Waals surface area contributed by atoms with Crippen LogP contribution in [0.5, 0.6) is 0 Å². The number of carbonyl (C=O) groups excluding carboxylic acids is 1. The highest BCUT2D eigenvalue weighted by molar-refractivity contribution is 9.11. The van der Waals surface area contributed by atoms with E-state index in [1.807, 2.05) is 18.2 Å². The monoisotopic (exact) mass is 349 g/mol. The number of nitrogens with one attached hydrogen (secondary N) is 1. The summed E-state index contributed by atoms with van der Waals surface area (Å²) in [6.45, 7) is 0. The summed E-state index contributed by atoms with van der Waals surface area (Å²) in [5.74, 6) is 0.0946. The largest absolute Gasteiger partial charge is 0.402 e. The molecule has 0 bridgehead atoms. The fourth-order valence-corrected chi connectivity index (χ4v) is 2.87. The van der Waals surface area contributed by atoms with Crippen LogP contribution in [0, 0.1) is 0 Å². The number of benzene rings is 1. The van der Waals surface area contributed by atoms with Crippen molar-refractivity contribution in [2.75, 3.05) is 5.32 Å². The van der Waals surface area contributed by atoms with E-state index in [4.69, 9.17) is 4.42 Å². The molecule has 1 amide bonds. The van der Waals surface area contributed by atoms with Gasteiger partial charge in [0.15, 0.2) is 0 Å². The van der Waals surface area contributed by atoms with Crippen LogP contribution in [0.1, 0.15) is 10.4 Å². The molecule has 0 spiro atoms. The normalized spacial score (nSPS) is 10.4. The van der Waals surface area contributed by atoms with Gasteiger partial charge in [0.2, 0.25) is 0 Å². The van der Waals surface area contributed by atoms with Gasteiger partial charge in [-0.3, -0.25) is 10.1 Å². The minimum Gasteiger partial charge on any atom is -0.402 e. The Morgan fingerprint density at radius 3 is 2.65 bits per heavy atom. The van der Waals surface area contributed by atoms with Crippen molar-refractivity contribution in [3.8, 4) is 10.8 Å². The van der Waals surface area contributed by atoms with E-state index < -0.39 is 0 Å². The Morgan fingerprint density at radius 1 is 1.15 bits per heavy atom. The summed E-state index contributed by atoms with van der Waals surface area (Å²) in [6, 6.07) is 12.7. The van der Waals surface area contributed by atoms with Crippen molar-refractivity contribution in [2.24, 2.45) is 0 Å². The third-order valence-corrected chi connectivity index (χ3v) is 4.08. The SMILES string of the molecule is O=C(Nc1nnc(-c2ccc(Br)s2)o1)c1ccccc1. The number of carbonyl (C=O) groups is 1. The van der Waals surface area contributed by atoms with Crippen LogP contribution >= 0.6 is 27.3 Å². The van der Waals surface area contributed by atoms with Gasteiger partial charge in [-0.2, -0.15) is 0 Å². The zero-order chi connectivity index (χ0) is 13.9. The fraction of sp³-hybridized carbons (Fsp3) is 0. The highest BCUT2D eigenvalue weighted by Crippen LogP contribution is 2.30. The van der Waals surface area contributed by atoms with E-state index in [9.17, 15) is 4.79 Å². The van der Waals surface area contributed by atoms with Crippen LogP contribution in [0.4, 0.5) is 6.01 Å². The van der Waals surface area contributed by atoms with Crippen LogP contribution in [0.15, 0.2) is 50.7 Å². The predicted molar refractivity (Wildman–Crippen MR) is 79.7 cm³/mol. The van der Waals surface area contributed by atoms with Gasteiger partial charge in [-0.1, -0.05) is 23.3 Å². The molecule has 0 fully saturated rings. The summed E-state index contributed by atoms with van der Waals surface area (Å²) in [5.41, 5.74) is 0.533. The van der Waals surface area contributed by atoms with E-state index in [0.717, 1.165) is 8.66 Å². The summed E-state index contributed by atoms with van der Waals surface area (Å²) in [6.07, 6.45) is 0. The van der Waals surface area contributed by atoms with Crippen molar-refractivity contribution in [3.05, 3.63) is 51.8 Å². The summed E-state index contributed by atoms with van der Waals surface area (Å²) >= 11 is 4.84. The number of amides is 1. The second kappa shape index (κ2) is 5.56. The molecule has 7 heteroatoms. The molecule has 0 atom stereocenters. The number of hydrogen-bond donors (Lipinski definition) is 1. The van der Waals surface area contributed by atoms with Crippen molar-refractivity contribution in [2.45, 2.75) is 0 Å². The van der Waals surface area contributed by atoms with E-state index in [0.29, 0.717) is 11.5 Å². The first-order chi connectivity index (χ1) is 9.72. The van der Waals surface area contributed by atoms with Gasteiger partial charge >= 0.3 is 6.01 Å². The summed E-state index contributed by atoms with van der Waals surface area (Å²) in [4.78, 5) is 12.8. The summed E-state index contributed by atoms with van der Waals surface area (Å²) < 4.78 is 6.38. The number of halogens is 1. The molecule has 0 saturated carbocycles. The molecule has 1 aromatic carbocycles. The van der Waals surface area contributed by atoms with Gasteiger partial charge in [0.05, 0.1) is 8.66 Å². The van der Waals surface area contributed by atoms with Gasteiger partial charge in [0, 0.05) is 5.56 Å². The maximum atomic E-state index is 11.9. The van der Waals surface area contributed by atoms with Crippen LogP contribution in [-0.4, -0.2) is 16.1 Å². The smallest absolute Gasteiger partial charge is 0.322 e. The van der Waals surface area contributed by atoms with Crippen molar-refractivity contribution in [1.29, 1.82) is 0 Å². The van der Waals surface area contributed by atoms with Crippen LogP contribution in [0.2, 0.25) is 0 Å². The van der Waals surface area contributed by atoms with Crippen molar-refractivity contribution in [3.63, 3.8) is 0 Å². The number of aromatic nitrogens is 2. The average Bonchev–Trinajstić information content (AvgIpc) is 3.09. The summed E-state index contributed by atoms with van der Waals surface area (Å²) in [5, 5.41) is 10.3. The molecule has 5 nitrogen and oxygen atoms in total. The molecule has 1 N–H and O–H groups in total. The van der Waals surface area contributed by atoms with Gasteiger partial charge in [0.25, 0.3) is 11.8 Å². The zero-order valence-corrected chi connectivity index (χ0v) is 12.4. The van der Waals surface area contributed by atoms with E-state index in [-0.39, 0.29) is 11.9 Å². The van der Waals surface area contributed by atoms with Crippen molar-refractivity contribution >= 4 is 39.2 Å². The molecule has 0 saturated heterocycles. The average molecular weight is 350 g/mol. The molecule has 100 valence electrons. The Hall–Kier alpha value is -1.99. The van der Waals surface area contributed by atoms with Crippen LogP contribution in [0.25, 0.3) is 10.8 Å². The molecular weight excluding hydrogens is 342 g/mol. The molecule has 0 unspecified atom stereocenters. The number of hydrogen-bond acceptors (Lipinski definition) is 5. The Morgan fingerprint density at radius 2 is 1.95 bits per heavy atom. The highest BCUT2D eigenvalue weighted by Gasteiger charge is 2.13. The number of rotatable bonds is 3. The molecule has 2 heterocycles. The predicted octanol–water partition coefficient (Wildman–Crippen LogP) is 3.81. The number of anilines is 1. The van der Waals surface area contributed by atoms with Gasteiger partial charge in [-0.25, -0.2) is 0 Å². The second-order valence-electron chi connectivity index (χ2n) is 3.84. The number of nitrogens with zero attached hydrogens (tertiary/aromatic N) is 2. The molecule has 0 aliphatic rings. The molecule has 2 aromatic heterocycles. The van der Waals surface area contributed by atoms with Crippen LogP contribution in [0.3, 0.4) is 0 Å². The zero-order valence-electron chi connectivity index (χ0n) is 10.0. The van der Waals surface area contributed by atoms with E-state index >= 15 is 0 Å². The Labute approximate surface area is 126 Å². The fourth-order valence-electron chi connectivity index (χ4n) is 1.56. The van der Waals surface area contributed by atoms with Crippen LogP contribution < -0.4 is 5.32 Å². The highest BCUT2D eigenvalue weighted by atomic mass is 79.9. The molecule has 0 aliphatic heterocycles. The van der Waals surface area contributed by atoms with Gasteiger partial charge in [-0.15, -0.1) is 16.4 Å². The molecule has 0 radical (unpaired) electrons. The molecular formula is C13H8BrN3O2S. The first-order valence-electron chi connectivity index (χ1n) is 5.68. The number of thiophene rings is 1. The minimum atomic E-state index is -0.284.